The van der Waals surface area contributed by atoms with Crippen LogP contribution in [0.1, 0.15) is 10.4 Å². The molecule has 2 rings (SSSR count). The van der Waals surface area contributed by atoms with Gasteiger partial charge in [-0.25, -0.2) is 13.6 Å². The van der Waals surface area contributed by atoms with E-state index in [1.165, 1.54) is 18.2 Å². The molecule has 0 bridgehead atoms. The van der Waals surface area contributed by atoms with Gasteiger partial charge in [0.1, 0.15) is 5.82 Å². The third kappa shape index (κ3) is 2.62. The molecule has 2 aromatic rings. The maximum atomic E-state index is 14.0. The van der Waals surface area contributed by atoms with Gasteiger partial charge in [0.2, 0.25) is 0 Å². The summed E-state index contributed by atoms with van der Waals surface area (Å²) in [7, 11) is 0. The first kappa shape index (κ1) is 14.0. The second-order valence-corrected chi connectivity index (χ2v) is 4.95. The Balaban J connectivity index is 2.63. The van der Waals surface area contributed by atoms with Crippen LogP contribution < -0.4 is 0 Å². The molecule has 0 heterocycles. The van der Waals surface area contributed by atoms with Crippen LogP contribution in [0.3, 0.4) is 0 Å². The Hall–Kier alpha value is -1.46. The first-order chi connectivity index (χ1) is 8.91. The van der Waals surface area contributed by atoms with Crippen LogP contribution in [-0.4, -0.2) is 11.1 Å². The van der Waals surface area contributed by atoms with E-state index in [1.54, 1.807) is 0 Å². The maximum Gasteiger partial charge on any atom is 0.338 e. The van der Waals surface area contributed by atoms with Crippen LogP contribution in [0.25, 0.3) is 11.1 Å². The predicted octanol–water partition coefficient (Wildman–Crippen LogP) is 4.75. The smallest absolute Gasteiger partial charge is 0.338 e. The SMILES string of the molecule is O=C(O)c1cc(-c2ccc(Br)c(Cl)c2F)ccc1F. The molecule has 2 nitrogen and oxygen atoms in total. The zero-order chi connectivity index (χ0) is 14.2. The molecule has 0 saturated heterocycles. The standard InChI is InChI=1S/C13H6BrClF2O2/c14-9-3-2-7(12(17)11(9)15)6-1-4-10(16)8(5-6)13(18)19/h1-5H,(H,18,19). The summed E-state index contributed by atoms with van der Waals surface area (Å²) in [5.41, 5.74) is -0.169. The van der Waals surface area contributed by atoms with Gasteiger partial charge in [-0.2, -0.15) is 0 Å². The number of hydrogen-bond donors (Lipinski definition) is 1. The molecule has 0 aliphatic heterocycles. The number of carbonyl (C=O) groups is 1. The number of aromatic carboxylic acids is 1. The van der Waals surface area contributed by atoms with E-state index in [4.69, 9.17) is 16.7 Å². The van der Waals surface area contributed by atoms with E-state index in [-0.39, 0.29) is 16.1 Å². The van der Waals surface area contributed by atoms with Crippen molar-refractivity contribution in [2.75, 3.05) is 0 Å². The lowest BCUT2D eigenvalue weighted by molar-refractivity contribution is 0.0692. The van der Waals surface area contributed by atoms with Crippen LogP contribution in [0.15, 0.2) is 34.8 Å². The minimum absolute atomic E-state index is 0.107. The molecule has 1 N–H and O–H groups in total. The van der Waals surface area contributed by atoms with E-state index in [0.29, 0.717) is 4.47 Å². The second-order valence-electron chi connectivity index (χ2n) is 3.72. The molecule has 0 atom stereocenters. The number of carboxylic acids is 1. The van der Waals surface area contributed by atoms with Gasteiger partial charge in [-0.1, -0.05) is 23.7 Å². The molecule has 0 unspecified atom stereocenters. The minimum Gasteiger partial charge on any atom is -0.478 e. The summed E-state index contributed by atoms with van der Waals surface area (Å²) >= 11 is 8.83. The number of carboxylic acid groups (broad SMARTS) is 1. The number of hydrogen-bond acceptors (Lipinski definition) is 1. The summed E-state index contributed by atoms with van der Waals surface area (Å²) in [6.07, 6.45) is 0. The average molecular weight is 348 g/mol. The van der Waals surface area contributed by atoms with Gasteiger partial charge in [0, 0.05) is 10.0 Å². The molecule has 0 radical (unpaired) electrons. The minimum atomic E-state index is -1.41. The Morgan fingerprint density at radius 1 is 1.21 bits per heavy atom. The van der Waals surface area contributed by atoms with Crippen molar-refractivity contribution in [1.82, 2.24) is 0 Å². The number of benzene rings is 2. The highest BCUT2D eigenvalue weighted by atomic mass is 79.9. The van der Waals surface area contributed by atoms with E-state index in [1.807, 2.05) is 0 Å². The van der Waals surface area contributed by atoms with Gasteiger partial charge in [0.25, 0.3) is 0 Å². The van der Waals surface area contributed by atoms with E-state index < -0.39 is 23.2 Å². The zero-order valence-electron chi connectivity index (χ0n) is 9.25. The Morgan fingerprint density at radius 2 is 1.89 bits per heavy atom. The van der Waals surface area contributed by atoms with E-state index in [9.17, 15) is 13.6 Å². The summed E-state index contributed by atoms with van der Waals surface area (Å²) in [6, 6.07) is 6.31. The van der Waals surface area contributed by atoms with Gasteiger partial charge >= 0.3 is 5.97 Å². The average Bonchev–Trinajstić information content (AvgIpc) is 2.37. The third-order valence-electron chi connectivity index (χ3n) is 2.54. The largest absolute Gasteiger partial charge is 0.478 e. The summed E-state index contributed by atoms with van der Waals surface area (Å²) in [6.45, 7) is 0. The molecule has 6 heteroatoms. The van der Waals surface area contributed by atoms with Crippen LogP contribution >= 0.6 is 27.5 Å². The van der Waals surface area contributed by atoms with Crippen LogP contribution in [0.2, 0.25) is 5.02 Å². The third-order valence-corrected chi connectivity index (χ3v) is 3.80. The normalized spacial score (nSPS) is 10.5. The lowest BCUT2D eigenvalue weighted by Gasteiger charge is -2.08. The molecule has 0 amide bonds. The first-order valence-electron chi connectivity index (χ1n) is 5.08. The van der Waals surface area contributed by atoms with Gasteiger partial charge in [-0.15, -0.1) is 0 Å². The first-order valence-corrected chi connectivity index (χ1v) is 6.25. The van der Waals surface area contributed by atoms with Crippen molar-refractivity contribution in [3.8, 4) is 11.1 Å². The highest BCUT2D eigenvalue weighted by Gasteiger charge is 2.16. The molecule has 0 aliphatic rings. The number of halogens is 4. The summed E-state index contributed by atoms with van der Waals surface area (Å²) in [5, 5.41) is 8.73. The van der Waals surface area contributed by atoms with Gasteiger partial charge in [-0.05, 0) is 39.7 Å². The van der Waals surface area contributed by atoms with E-state index in [2.05, 4.69) is 15.9 Å². The lowest BCUT2D eigenvalue weighted by atomic mass is 10.0. The van der Waals surface area contributed by atoms with Crippen molar-refractivity contribution in [3.63, 3.8) is 0 Å². The lowest BCUT2D eigenvalue weighted by Crippen LogP contribution is -2.01. The van der Waals surface area contributed by atoms with Gasteiger partial charge in [-0.3, -0.25) is 0 Å². The van der Waals surface area contributed by atoms with Crippen LogP contribution in [-0.2, 0) is 0 Å². The Bertz CT molecular complexity index is 674. The topological polar surface area (TPSA) is 37.3 Å². The molecule has 19 heavy (non-hydrogen) atoms. The van der Waals surface area contributed by atoms with Crippen molar-refractivity contribution in [2.24, 2.45) is 0 Å². The number of rotatable bonds is 2. The molecular weight excluding hydrogens is 341 g/mol. The molecule has 98 valence electrons. The Morgan fingerprint density at radius 3 is 2.53 bits per heavy atom. The Kier molecular flexibility index (Phi) is 3.87. The van der Waals surface area contributed by atoms with Crippen molar-refractivity contribution < 1.29 is 18.7 Å². The van der Waals surface area contributed by atoms with Crippen molar-refractivity contribution in [1.29, 1.82) is 0 Å². The fourth-order valence-electron chi connectivity index (χ4n) is 1.61. The fraction of sp³-hybridized carbons (Fsp3) is 0. The summed E-state index contributed by atoms with van der Waals surface area (Å²) in [4.78, 5) is 10.8. The molecule has 0 aromatic heterocycles. The predicted molar refractivity (Wildman–Crippen MR) is 71.5 cm³/mol. The molecule has 0 fully saturated rings. The summed E-state index contributed by atoms with van der Waals surface area (Å²) in [5.74, 6) is -2.98. The van der Waals surface area contributed by atoms with E-state index in [0.717, 1.165) is 12.1 Å². The van der Waals surface area contributed by atoms with Crippen LogP contribution in [0.5, 0.6) is 0 Å². The highest BCUT2D eigenvalue weighted by molar-refractivity contribution is 9.10. The van der Waals surface area contributed by atoms with Crippen molar-refractivity contribution >= 4 is 33.5 Å². The molecule has 0 aliphatic carbocycles. The quantitative estimate of drug-likeness (QED) is 0.796. The zero-order valence-corrected chi connectivity index (χ0v) is 11.6. The molecular formula is C13H6BrClF2O2. The van der Waals surface area contributed by atoms with Gasteiger partial charge in [0.15, 0.2) is 5.82 Å². The van der Waals surface area contributed by atoms with E-state index >= 15 is 0 Å². The van der Waals surface area contributed by atoms with Gasteiger partial charge in [0.05, 0.1) is 10.6 Å². The Labute approximate surface area is 120 Å². The highest BCUT2D eigenvalue weighted by Crippen LogP contribution is 2.33. The molecule has 0 saturated carbocycles. The monoisotopic (exact) mass is 346 g/mol. The second kappa shape index (κ2) is 5.27. The van der Waals surface area contributed by atoms with Crippen LogP contribution in [0, 0.1) is 11.6 Å². The van der Waals surface area contributed by atoms with Crippen LogP contribution in [0.4, 0.5) is 8.78 Å². The summed E-state index contributed by atoms with van der Waals surface area (Å²) < 4.78 is 27.6. The van der Waals surface area contributed by atoms with Crippen molar-refractivity contribution in [2.45, 2.75) is 0 Å². The van der Waals surface area contributed by atoms with Gasteiger partial charge < -0.3 is 5.11 Å². The molecule has 2 aromatic carbocycles. The van der Waals surface area contributed by atoms with Crippen molar-refractivity contribution in [3.05, 3.63) is 57.0 Å². The maximum absolute atomic E-state index is 14.0. The molecule has 0 spiro atoms. The fourth-order valence-corrected chi connectivity index (χ4v) is 2.08.